The molecule has 0 amide bonds. The van der Waals surface area contributed by atoms with Crippen LogP contribution in [0.2, 0.25) is 0 Å². The van der Waals surface area contributed by atoms with Crippen molar-refractivity contribution in [2.75, 3.05) is 13.2 Å². The van der Waals surface area contributed by atoms with Gasteiger partial charge in [0.15, 0.2) is 0 Å². The molecule has 86 valence electrons. The molecule has 2 N–H and O–H groups in total. The summed E-state index contributed by atoms with van der Waals surface area (Å²) in [5, 5.41) is 13.3. The van der Waals surface area contributed by atoms with E-state index in [1.165, 1.54) is 9.88 Å². The Labute approximate surface area is 95.6 Å². The molecule has 0 saturated heterocycles. The van der Waals surface area contributed by atoms with Crippen LogP contribution in [0.15, 0.2) is 6.20 Å². The lowest BCUT2D eigenvalue weighted by molar-refractivity contribution is 0.276. The highest BCUT2D eigenvalue weighted by atomic mass is 32.1. The number of aliphatic hydroxyl groups excluding tert-OH is 1. The van der Waals surface area contributed by atoms with E-state index in [9.17, 15) is 0 Å². The van der Waals surface area contributed by atoms with Gasteiger partial charge in [0, 0.05) is 36.7 Å². The highest BCUT2D eigenvalue weighted by Crippen LogP contribution is 2.11. The third kappa shape index (κ3) is 5.25. The van der Waals surface area contributed by atoms with Gasteiger partial charge in [-0.1, -0.05) is 0 Å². The second-order valence-electron chi connectivity index (χ2n) is 3.84. The molecule has 0 radical (unpaired) electrons. The molecule has 0 fully saturated rings. The maximum Gasteiger partial charge on any atom is 0.0940 e. The van der Waals surface area contributed by atoms with Gasteiger partial charge in [0.1, 0.15) is 0 Å². The van der Waals surface area contributed by atoms with Crippen molar-refractivity contribution in [1.29, 1.82) is 0 Å². The third-order valence-electron chi connectivity index (χ3n) is 2.30. The fourth-order valence-electron chi connectivity index (χ4n) is 1.44. The second-order valence-corrected chi connectivity index (χ2v) is 5.15. The van der Waals surface area contributed by atoms with E-state index in [-0.39, 0.29) is 6.61 Å². The molecule has 15 heavy (non-hydrogen) atoms. The summed E-state index contributed by atoms with van der Waals surface area (Å²) < 4.78 is 0. The van der Waals surface area contributed by atoms with Gasteiger partial charge in [-0.2, -0.15) is 0 Å². The van der Waals surface area contributed by atoms with Gasteiger partial charge in [-0.05, 0) is 26.7 Å². The number of hydrogen-bond acceptors (Lipinski definition) is 4. The molecular formula is C11H20N2OS. The molecule has 0 saturated carbocycles. The molecule has 1 aromatic rings. The van der Waals surface area contributed by atoms with Gasteiger partial charge < -0.3 is 10.4 Å². The van der Waals surface area contributed by atoms with Crippen molar-refractivity contribution in [1.82, 2.24) is 10.3 Å². The molecule has 4 heteroatoms. The number of aliphatic hydroxyl groups is 1. The van der Waals surface area contributed by atoms with E-state index in [1.54, 1.807) is 11.3 Å². The molecule has 0 aliphatic carbocycles. The Morgan fingerprint density at radius 2 is 2.40 bits per heavy atom. The normalized spacial score (nSPS) is 13.0. The number of rotatable bonds is 7. The first kappa shape index (κ1) is 12.6. The fraction of sp³-hybridized carbons (Fsp3) is 0.727. The predicted octanol–water partition coefficient (Wildman–Crippen LogP) is 1.74. The minimum atomic E-state index is 0.289. The smallest absolute Gasteiger partial charge is 0.0940 e. The van der Waals surface area contributed by atoms with Crippen LogP contribution in [0.4, 0.5) is 0 Å². The Morgan fingerprint density at radius 3 is 3.00 bits per heavy atom. The summed E-state index contributed by atoms with van der Waals surface area (Å²) >= 11 is 1.77. The molecule has 1 atom stereocenters. The molecule has 0 spiro atoms. The second kappa shape index (κ2) is 6.93. The van der Waals surface area contributed by atoms with Gasteiger partial charge in [-0.25, -0.2) is 4.98 Å². The van der Waals surface area contributed by atoms with Crippen molar-refractivity contribution in [2.45, 2.75) is 39.2 Å². The lowest BCUT2D eigenvalue weighted by Crippen LogP contribution is -2.28. The summed E-state index contributed by atoms with van der Waals surface area (Å²) in [6, 6.07) is 0.484. The van der Waals surface area contributed by atoms with Crippen LogP contribution >= 0.6 is 11.3 Å². The maximum absolute atomic E-state index is 8.69. The van der Waals surface area contributed by atoms with Gasteiger partial charge in [0.2, 0.25) is 0 Å². The zero-order chi connectivity index (χ0) is 11.1. The summed E-state index contributed by atoms with van der Waals surface area (Å²) in [5.74, 6) is 0. The molecule has 1 aromatic heterocycles. The van der Waals surface area contributed by atoms with Crippen LogP contribution in [0.1, 0.15) is 29.7 Å². The monoisotopic (exact) mass is 228 g/mol. The van der Waals surface area contributed by atoms with Crippen LogP contribution in [0.3, 0.4) is 0 Å². The quantitative estimate of drug-likeness (QED) is 0.747. The van der Waals surface area contributed by atoms with Crippen LogP contribution in [-0.2, 0) is 6.42 Å². The van der Waals surface area contributed by atoms with Crippen LogP contribution in [0.25, 0.3) is 0 Å². The van der Waals surface area contributed by atoms with E-state index in [2.05, 4.69) is 24.1 Å². The zero-order valence-electron chi connectivity index (χ0n) is 9.49. The first-order chi connectivity index (χ1) is 7.22. The lowest BCUT2D eigenvalue weighted by Gasteiger charge is -2.11. The summed E-state index contributed by atoms with van der Waals surface area (Å²) in [7, 11) is 0. The van der Waals surface area contributed by atoms with Crippen molar-refractivity contribution in [3.05, 3.63) is 16.1 Å². The molecule has 1 unspecified atom stereocenters. The van der Waals surface area contributed by atoms with E-state index in [0.717, 1.165) is 25.8 Å². The number of aromatic nitrogens is 1. The largest absolute Gasteiger partial charge is 0.396 e. The van der Waals surface area contributed by atoms with E-state index in [0.29, 0.717) is 6.04 Å². The average Bonchev–Trinajstić information content (AvgIpc) is 2.61. The number of nitrogens with one attached hydrogen (secondary N) is 1. The number of thiazole rings is 1. The van der Waals surface area contributed by atoms with Crippen molar-refractivity contribution in [3.8, 4) is 0 Å². The molecular weight excluding hydrogens is 208 g/mol. The average molecular weight is 228 g/mol. The van der Waals surface area contributed by atoms with Crippen LogP contribution in [0.5, 0.6) is 0 Å². The van der Waals surface area contributed by atoms with Gasteiger partial charge in [0.25, 0.3) is 0 Å². The Balaban J connectivity index is 2.10. The molecule has 0 aromatic carbocycles. The number of aryl methyl sites for hydroxylation is 1. The van der Waals surface area contributed by atoms with Crippen LogP contribution in [0, 0.1) is 6.92 Å². The molecule has 0 aliphatic rings. The van der Waals surface area contributed by atoms with Gasteiger partial charge in [-0.3, -0.25) is 0 Å². The molecule has 0 aliphatic heterocycles. The SMILES string of the molecule is Cc1cnc(CCNC(C)CCCO)s1. The third-order valence-corrected chi connectivity index (χ3v) is 3.27. The molecule has 1 heterocycles. The standard InChI is InChI=1S/C11H20N2OS/c1-9(4-3-7-14)12-6-5-11-13-8-10(2)15-11/h8-9,12,14H,3-7H2,1-2H3. The van der Waals surface area contributed by atoms with Gasteiger partial charge in [-0.15, -0.1) is 11.3 Å². The Morgan fingerprint density at radius 1 is 1.60 bits per heavy atom. The lowest BCUT2D eigenvalue weighted by atomic mass is 10.2. The molecule has 3 nitrogen and oxygen atoms in total. The van der Waals surface area contributed by atoms with E-state index < -0.39 is 0 Å². The van der Waals surface area contributed by atoms with E-state index in [4.69, 9.17) is 5.11 Å². The Hall–Kier alpha value is -0.450. The number of nitrogens with zero attached hydrogens (tertiary/aromatic N) is 1. The first-order valence-electron chi connectivity index (χ1n) is 5.48. The molecule has 1 rings (SSSR count). The zero-order valence-corrected chi connectivity index (χ0v) is 10.3. The first-order valence-corrected chi connectivity index (χ1v) is 6.29. The van der Waals surface area contributed by atoms with Crippen LogP contribution < -0.4 is 5.32 Å². The summed E-state index contributed by atoms with van der Waals surface area (Å²) in [4.78, 5) is 5.59. The summed E-state index contributed by atoms with van der Waals surface area (Å²) in [6.45, 7) is 5.50. The highest BCUT2D eigenvalue weighted by molar-refractivity contribution is 7.11. The van der Waals surface area contributed by atoms with E-state index in [1.807, 2.05) is 6.20 Å². The van der Waals surface area contributed by atoms with Crippen molar-refractivity contribution in [3.63, 3.8) is 0 Å². The fourth-order valence-corrected chi connectivity index (χ4v) is 2.23. The molecule has 0 bridgehead atoms. The topological polar surface area (TPSA) is 45.2 Å². The Bertz CT molecular complexity index is 275. The number of hydrogen-bond donors (Lipinski definition) is 2. The van der Waals surface area contributed by atoms with E-state index >= 15 is 0 Å². The summed E-state index contributed by atoms with van der Waals surface area (Å²) in [5.41, 5.74) is 0. The predicted molar refractivity (Wildman–Crippen MR) is 64.3 cm³/mol. The van der Waals surface area contributed by atoms with Crippen molar-refractivity contribution < 1.29 is 5.11 Å². The summed E-state index contributed by atoms with van der Waals surface area (Å²) in [6.07, 6.45) is 4.84. The maximum atomic E-state index is 8.69. The highest BCUT2D eigenvalue weighted by Gasteiger charge is 2.02. The van der Waals surface area contributed by atoms with Crippen molar-refractivity contribution in [2.24, 2.45) is 0 Å². The minimum Gasteiger partial charge on any atom is -0.396 e. The van der Waals surface area contributed by atoms with Gasteiger partial charge >= 0.3 is 0 Å². The van der Waals surface area contributed by atoms with Crippen molar-refractivity contribution >= 4 is 11.3 Å². The minimum absolute atomic E-state index is 0.289. The van der Waals surface area contributed by atoms with Crippen LogP contribution in [-0.4, -0.2) is 29.3 Å². The van der Waals surface area contributed by atoms with Gasteiger partial charge in [0.05, 0.1) is 5.01 Å². The Kier molecular flexibility index (Phi) is 5.83.